The van der Waals surface area contributed by atoms with Crippen LogP contribution in [0.5, 0.6) is 0 Å². The SMILES string of the molecule is O=C(N1CCCCC1)C(Br)(Br)S(=O)(=O)N1CCCCC1. The summed E-state index contributed by atoms with van der Waals surface area (Å²) in [7, 11) is -3.73. The van der Waals surface area contributed by atoms with Gasteiger partial charge in [0.1, 0.15) is 0 Å². The first-order chi connectivity index (χ1) is 9.37. The van der Waals surface area contributed by atoms with Crippen LogP contribution < -0.4 is 0 Å². The summed E-state index contributed by atoms with van der Waals surface area (Å²) >= 11 is 6.27. The molecule has 0 N–H and O–H groups in total. The van der Waals surface area contributed by atoms with Crippen molar-refractivity contribution in [3.63, 3.8) is 0 Å². The number of nitrogens with zero attached hydrogens (tertiary/aromatic N) is 2. The Balaban J connectivity index is 2.16. The number of sulfonamides is 1. The fourth-order valence-electron chi connectivity index (χ4n) is 2.66. The van der Waals surface area contributed by atoms with E-state index in [0.717, 1.165) is 38.5 Å². The molecule has 0 aromatic heterocycles. The molecule has 0 spiro atoms. The predicted octanol–water partition coefficient (Wildman–Crippen LogP) is 2.26. The molecule has 2 rings (SSSR count). The molecule has 0 bridgehead atoms. The highest BCUT2D eigenvalue weighted by Crippen LogP contribution is 2.38. The van der Waals surface area contributed by atoms with Gasteiger partial charge in [-0.15, -0.1) is 0 Å². The minimum atomic E-state index is -3.73. The molecule has 8 heteroatoms. The second kappa shape index (κ2) is 6.62. The highest BCUT2D eigenvalue weighted by molar-refractivity contribution is 9.28. The summed E-state index contributed by atoms with van der Waals surface area (Å²) in [4.78, 5) is 14.2. The molecule has 0 atom stereocenters. The normalized spacial score (nSPS) is 22.8. The highest BCUT2D eigenvalue weighted by Gasteiger charge is 2.51. The van der Waals surface area contributed by atoms with E-state index in [1.165, 1.54) is 4.31 Å². The number of piperidine rings is 2. The van der Waals surface area contributed by atoms with Gasteiger partial charge in [-0.25, -0.2) is 8.42 Å². The van der Waals surface area contributed by atoms with Gasteiger partial charge in [-0.1, -0.05) is 6.42 Å². The molecule has 0 aromatic carbocycles. The minimum absolute atomic E-state index is 0.400. The Bertz CT molecular complexity index is 455. The molecule has 116 valence electrons. The lowest BCUT2D eigenvalue weighted by Crippen LogP contribution is -2.53. The van der Waals surface area contributed by atoms with Gasteiger partial charge in [0.05, 0.1) is 0 Å². The van der Waals surface area contributed by atoms with Gasteiger partial charge in [0.2, 0.25) is 10.0 Å². The van der Waals surface area contributed by atoms with E-state index in [-0.39, 0.29) is 0 Å². The van der Waals surface area contributed by atoms with E-state index >= 15 is 0 Å². The smallest absolute Gasteiger partial charge is 0.272 e. The number of alkyl halides is 2. The average molecular weight is 432 g/mol. The molecule has 2 aliphatic heterocycles. The van der Waals surface area contributed by atoms with E-state index in [1.807, 2.05) is 0 Å². The van der Waals surface area contributed by atoms with Crippen molar-refractivity contribution in [3.05, 3.63) is 0 Å². The summed E-state index contributed by atoms with van der Waals surface area (Å²) < 4.78 is 25.1. The van der Waals surface area contributed by atoms with Gasteiger partial charge in [-0.2, -0.15) is 4.31 Å². The zero-order valence-corrected chi connectivity index (χ0v) is 15.3. The van der Waals surface area contributed by atoms with E-state index < -0.39 is 18.5 Å². The Kier molecular flexibility index (Phi) is 5.53. The van der Waals surface area contributed by atoms with Gasteiger partial charge in [0.15, 0.2) is 0 Å². The van der Waals surface area contributed by atoms with E-state index in [2.05, 4.69) is 31.9 Å². The Morgan fingerprint density at radius 1 is 0.850 bits per heavy atom. The summed E-state index contributed by atoms with van der Waals surface area (Å²) in [6, 6.07) is 0. The van der Waals surface area contributed by atoms with Crippen LogP contribution in [0.4, 0.5) is 0 Å². The summed E-state index contributed by atoms with van der Waals surface area (Å²) in [6.45, 7) is 2.25. The monoisotopic (exact) mass is 430 g/mol. The third kappa shape index (κ3) is 3.23. The Morgan fingerprint density at radius 3 is 1.80 bits per heavy atom. The first kappa shape index (κ1) is 16.7. The van der Waals surface area contributed by atoms with E-state index in [0.29, 0.717) is 26.2 Å². The first-order valence-electron chi connectivity index (χ1n) is 7.04. The molecule has 1 amide bonds. The van der Waals surface area contributed by atoms with Crippen molar-refractivity contribution < 1.29 is 13.2 Å². The zero-order chi connectivity index (χ0) is 14.8. The standard InChI is InChI=1S/C12H20Br2N2O3S/c13-12(14,11(17)15-7-3-1-4-8-15)20(18,19)16-9-5-2-6-10-16/h1-10H2. The van der Waals surface area contributed by atoms with Crippen LogP contribution in [0.1, 0.15) is 38.5 Å². The van der Waals surface area contributed by atoms with Crippen LogP contribution in [0.15, 0.2) is 0 Å². The first-order valence-corrected chi connectivity index (χ1v) is 10.1. The second-order valence-corrected chi connectivity index (χ2v) is 11.9. The van der Waals surface area contributed by atoms with Crippen molar-refractivity contribution in [1.29, 1.82) is 0 Å². The Labute approximate surface area is 137 Å². The van der Waals surface area contributed by atoms with E-state index in [9.17, 15) is 13.2 Å². The van der Waals surface area contributed by atoms with Gasteiger partial charge < -0.3 is 4.90 Å². The molecule has 2 fully saturated rings. The molecule has 2 aliphatic rings. The molecule has 0 saturated carbocycles. The highest BCUT2D eigenvalue weighted by atomic mass is 79.9. The van der Waals surface area contributed by atoms with Crippen LogP contribution in [-0.4, -0.2) is 52.3 Å². The van der Waals surface area contributed by atoms with E-state index in [1.54, 1.807) is 4.90 Å². The molecular weight excluding hydrogens is 412 g/mol. The number of carbonyl (C=O) groups excluding carboxylic acids is 1. The maximum Gasteiger partial charge on any atom is 0.272 e. The van der Waals surface area contributed by atoms with Crippen LogP contribution in [-0.2, 0) is 14.8 Å². The lowest BCUT2D eigenvalue weighted by Gasteiger charge is -2.35. The minimum Gasteiger partial charge on any atom is -0.340 e. The number of rotatable bonds is 3. The maximum absolute atomic E-state index is 12.7. The largest absolute Gasteiger partial charge is 0.340 e. The molecular formula is C12H20Br2N2O3S. The molecule has 2 saturated heterocycles. The van der Waals surface area contributed by atoms with Gasteiger partial charge in [-0.05, 0) is 64.0 Å². The van der Waals surface area contributed by atoms with Crippen LogP contribution in [0.3, 0.4) is 0 Å². The van der Waals surface area contributed by atoms with Crippen LogP contribution in [0, 0.1) is 0 Å². The predicted molar refractivity (Wildman–Crippen MR) is 85.4 cm³/mol. The molecule has 0 radical (unpaired) electrons. The van der Waals surface area contributed by atoms with Gasteiger partial charge >= 0.3 is 0 Å². The zero-order valence-electron chi connectivity index (χ0n) is 11.4. The number of carbonyl (C=O) groups is 1. The van der Waals surface area contributed by atoms with Gasteiger partial charge in [0.25, 0.3) is 8.47 Å². The maximum atomic E-state index is 12.7. The van der Waals surface area contributed by atoms with Crippen molar-refractivity contribution in [2.24, 2.45) is 0 Å². The summed E-state index contributed by atoms with van der Waals surface area (Å²) in [5.74, 6) is -0.400. The number of amides is 1. The number of hydrogen-bond acceptors (Lipinski definition) is 3. The quantitative estimate of drug-likeness (QED) is 0.644. The van der Waals surface area contributed by atoms with Gasteiger partial charge in [-0.3, -0.25) is 4.79 Å². The van der Waals surface area contributed by atoms with Gasteiger partial charge in [0, 0.05) is 26.2 Å². The molecule has 20 heavy (non-hydrogen) atoms. The van der Waals surface area contributed by atoms with Crippen molar-refractivity contribution >= 4 is 47.8 Å². The van der Waals surface area contributed by atoms with Crippen molar-refractivity contribution in [2.45, 2.75) is 41.1 Å². The summed E-state index contributed by atoms with van der Waals surface area (Å²) in [5, 5.41) is 0. The second-order valence-electron chi connectivity index (χ2n) is 5.33. The van der Waals surface area contributed by atoms with Crippen LogP contribution in [0.25, 0.3) is 0 Å². The fraction of sp³-hybridized carbons (Fsp3) is 0.917. The van der Waals surface area contributed by atoms with E-state index in [4.69, 9.17) is 0 Å². The van der Waals surface area contributed by atoms with Crippen molar-refractivity contribution in [3.8, 4) is 0 Å². The number of likely N-dealkylation sites (tertiary alicyclic amines) is 1. The lowest BCUT2D eigenvalue weighted by atomic mass is 10.1. The topological polar surface area (TPSA) is 57.7 Å². The Morgan fingerprint density at radius 2 is 1.30 bits per heavy atom. The molecule has 2 heterocycles. The molecule has 0 aromatic rings. The van der Waals surface area contributed by atoms with Crippen LogP contribution in [0.2, 0.25) is 0 Å². The fourth-order valence-corrected chi connectivity index (χ4v) is 5.80. The molecule has 5 nitrogen and oxygen atoms in total. The van der Waals surface area contributed by atoms with Crippen LogP contribution >= 0.6 is 31.9 Å². The molecule has 0 aliphatic carbocycles. The average Bonchev–Trinajstić information content (AvgIpc) is 2.48. The third-order valence-corrected chi connectivity index (χ3v) is 8.87. The third-order valence-electron chi connectivity index (χ3n) is 3.87. The summed E-state index contributed by atoms with van der Waals surface area (Å²) in [6.07, 6.45) is 5.72. The molecule has 0 unspecified atom stereocenters. The number of hydrogen-bond donors (Lipinski definition) is 0. The Hall–Kier alpha value is 0.340. The number of halogens is 2. The van der Waals surface area contributed by atoms with Crippen molar-refractivity contribution in [2.75, 3.05) is 26.2 Å². The van der Waals surface area contributed by atoms with Crippen molar-refractivity contribution in [1.82, 2.24) is 9.21 Å². The summed E-state index contributed by atoms with van der Waals surface area (Å²) in [5.41, 5.74) is 0. The lowest BCUT2D eigenvalue weighted by molar-refractivity contribution is -0.130.